The molecule has 0 spiro atoms. The van der Waals surface area contributed by atoms with Crippen molar-refractivity contribution >= 4 is 17.9 Å². The van der Waals surface area contributed by atoms with Crippen molar-refractivity contribution in [1.82, 2.24) is 15.5 Å². The molecule has 192 valence electrons. The van der Waals surface area contributed by atoms with Gasteiger partial charge in [-0.05, 0) is 63.8 Å². The monoisotopic (exact) mass is 477 g/mol. The molecule has 3 amide bonds. The van der Waals surface area contributed by atoms with E-state index in [2.05, 4.69) is 24.5 Å². The summed E-state index contributed by atoms with van der Waals surface area (Å²) >= 11 is 0. The van der Waals surface area contributed by atoms with Crippen LogP contribution in [-0.2, 0) is 14.3 Å². The van der Waals surface area contributed by atoms with Crippen LogP contribution in [0.2, 0.25) is 0 Å². The Hall–Kier alpha value is -2.77. The van der Waals surface area contributed by atoms with E-state index in [0.29, 0.717) is 24.2 Å². The van der Waals surface area contributed by atoms with Gasteiger partial charge in [0.2, 0.25) is 11.8 Å². The van der Waals surface area contributed by atoms with Crippen LogP contribution in [-0.4, -0.2) is 53.1 Å². The molecule has 3 N–H and O–H groups in total. The molecule has 0 aromatic heterocycles. The molecule has 34 heavy (non-hydrogen) atoms. The van der Waals surface area contributed by atoms with Crippen molar-refractivity contribution in [3.05, 3.63) is 29.3 Å². The van der Waals surface area contributed by atoms with Crippen LogP contribution >= 0.6 is 0 Å². The van der Waals surface area contributed by atoms with E-state index in [1.165, 1.54) is 11.0 Å². The van der Waals surface area contributed by atoms with Crippen LogP contribution in [0, 0.1) is 6.92 Å². The predicted octanol–water partition coefficient (Wildman–Crippen LogP) is 4.59. The second kappa shape index (κ2) is 14.5. The summed E-state index contributed by atoms with van der Waals surface area (Å²) in [5.74, 6) is -0.522. The zero-order valence-electron chi connectivity index (χ0n) is 21.7. The van der Waals surface area contributed by atoms with E-state index in [4.69, 9.17) is 4.74 Å². The summed E-state index contributed by atoms with van der Waals surface area (Å²) in [5.41, 5.74) is 0.554. The van der Waals surface area contributed by atoms with Gasteiger partial charge in [0.05, 0.1) is 0 Å². The first-order chi connectivity index (χ1) is 16.0. The number of aryl methyl sites for hydroxylation is 1. The molecule has 0 saturated heterocycles. The number of benzene rings is 1. The first-order valence-electron chi connectivity index (χ1n) is 12.3. The number of hydrogen-bond acceptors (Lipinski definition) is 5. The third-order valence-corrected chi connectivity index (χ3v) is 5.28. The van der Waals surface area contributed by atoms with E-state index < -0.39 is 17.7 Å². The Labute approximate surface area is 204 Å². The highest BCUT2D eigenvalue weighted by molar-refractivity contribution is 5.90. The molecule has 0 aliphatic carbocycles. The molecule has 1 atom stereocenters. The number of amides is 3. The summed E-state index contributed by atoms with van der Waals surface area (Å²) in [7, 11) is 0. The van der Waals surface area contributed by atoms with Gasteiger partial charge in [0.1, 0.15) is 23.9 Å². The molecule has 0 heterocycles. The van der Waals surface area contributed by atoms with E-state index in [1.54, 1.807) is 39.8 Å². The molecule has 1 aromatic rings. The maximum absolute atomic E-state index is 13.3. The van der Waals surface area contributed by atoms with E-state index in [-0.39, 0.29) is 24.1 Å². The van der Waals surface area contributed by atoms with E-state index in [1.807, 2.05) is 0 Å². The van der Waals surface area contributed by atoms with Crippen molar-refractivity contribution < 1.29 is 24.2 Å². The van der Waals surface area contributed by atoms with Gasteiger partial charge >= 0.3 is 6.09 Å². The van der Waals surface area contributed by atoms with Crippen LogP contribution in [0.25, 0.3) is 0 Å². The molecule has 8 heteroatoms. The number of nitrogens with one attached hydrogen (secondary N) is 2. The molecule has 0 saturated carbocycles. The first kappa shape index (κ1) is 29.3. The quantitative estimate of drug-likeness (QED) is 0.360. The highest BCUT2D eigenvalue weighted by Gasteiger charge is 2.31. The largest absolute Gasteiger partial charge is 0.508 e. The van der Waals surface area contributed by atoms with Crippen LogP contribution in [0.1, 0.15) is 90.3 Å². The van der Waals surface area contributed by atoms with Crippen LogP contribution < -0.4 is 10.6 Å². The lowest BCUT2D eigenvalue weighted by Crippen LogP contribution is -2.48. The van der Waals surface area contributed by atoms with Crippen molar-refractivity contribution in [2.24, 2.45) is 0 Å². The predicted molar refractivity (Wildman–Crippen MR) is 134 cm³/mol. The lowest BCUT2D eigenvalue weighted by atomic mass is 10.0. The van der Waals surface area contributed by atoms with Gasteiger partial charge in [0.15, 0.2) is 0 Å². The summed E-state index contributed by atoms with van der Waals surface area (Å²) < 4.78 is 5.24. The number of nitrogens with zero attached hydrogens (tertiary/aromatic N) is 1. The van der Waals surface area contributed by atoms with Gasteiger partial charge in [-0.1, -0.05) is 45.6 Å². The second-order valence-electron chi connectivity index (χ2n) is 9.60. The third kappa shape index (κ3) is 10.4. The van der Waals surface area contributed by atoms with Gasteiger partial charge in [-0.25, -0.2) is 4.79 Å². The minimum Gasteiger partial charge on any atom is -0.508 e. The summed E-state index contributed by atoms with van der Waals surface area (Å²) in [6, 6.07) is 4.06. The summed E-state index contributed by atoms with van der Waals surface area (Å²) in [6.07, 6.45) is 4.80. The highest BCUT2D eigenvalue weighted by Crippen LogP contribution is 2.27. The summed E-state index contributed by atoms with van der Waals surface area (Å²) in [5, 5.41) is 15.5. The Morgan fingerprint density at radius 3 is 2.26 bits per heavy atom. The Kier molecular flexibility index (Phi) is 12.5. The molecular weight excluding hydrogens is 434 g/mol. The van der Waals surface area contributed by atoms with Gasteiger partial charge < -0.3 is 25.4 Å². The van der Waals surface area contributed by atoms with Crippen molar-refractivity contribution in [3.8, 4) is 5.75 Å². The number of aromatic hydroxyl groups is 1. The molecule has 1 aromatic carbocycles. The fourth-order valence-electron chi connectivity index (χ4n) is 3.50. The van der Waals surface area contributed by atoms with Crippen LogP contribution in [0.5, 0.6) is 5.75 Å². The van der Waals surface area contributed by atoms with Crippen molar-refractivity contribution in [2.75, 3.05) is 19.6 Å². The van der Waals surface area contributed by atoms with Gasteiger partial charge in [-0.15, -0.1) is 0 Å². The molecule has 1 unspecified atom stereocenters. The summed E-state index contributed by atoms with van der Waals surface area (Å²) in [6.45, 7) is 11.8. The Morgan fingerprint density at radius 2 is 1.68 bits per heavy atom. The molecule has 0 radical (unpaired) electrons. The van der Waals surface area contributed by atoms with Crippen LogP contribution in [0.15, 0.2) is 18.2 Å². The summed E-state index contributed by atoms with van der Waals surface area (Å²) in [4.78, 5) is 40.2. The van der Waals surface area contributed by atoms with Crippen molar-refractivity contribution in [2.45, 2.75) is 91.7 Å². The first-order valence-corrected chi connectivity index (χ1v) is 12.3. The minimum absolute atomic E-state index is 0.126. The Balaban J connectivity index is 3.18. The SMILES string of the molecule is CCCCCNC(=O)C(c1ccc(O)c(C)c1)N(CCCCC)C(=O)CNC(=O)OC(C)(C)C. The van der Waals surface area contributed by atoms with E-state index in [0.717, 1.165) is 38.5 Å². The highest BCUT2D eigenvalue weighted by atomic mass is 16.6. The average molecular weight is 478 g/mol. The maximum Gasteiger partial charge on any atom is 0.408 e. The van der Waals surface area contributed by atoms with E-state index >= 15 is 0 Å². The number of carbonyl (C=O) groups excluding carboxylic acids is 3. The van der Waals surface area contributed by atoms with Gasteiger partial charge in [-0.2, -0.15) is 0 Å². The fourth-order valence-corrected chi connectivity index (χ4v) is 3.50. The number of ether oxygens (including phenoxy) is 1. The topological polar surface area (TPSA) is 108 Å². The molecule has 0 fully saturated rings. The average Bonchev–Trinajstić information content (AvgIpc) is 2.75. The second-order valence-corrected chi connectivity index (χ2v) is 9.60. The number of alkyl carbamates (subject to hydrolysis) is 1. The van der Waals surface area contributed by atoms with Gasteiger partial charge in [-0.3, -0.25) is 9.59 Å². The smallest absolute Gasteiger partial charge is 0.408 e. The molecular formula is C26H43N3O5. The standard InChI is InChI=1S/C26H43N3O5/c1-7-9-11-15-27-24(32)23(20-13-14-21(30)19(3)17-20)29(16-12-10-8-2)22(31)18-28-25(33)34-26(4,5)6/h13-14,17,23,30H,7-12,15-16,18H2,1-6H3,(H,27,32)(H,28,33). The number of phenolic OH excluding ortho intramolecular Hbond substituents is 1. The van der Waals surface area contributed by atoms with Crippen LogP contribution in [0.4, 0.5) is 4.79 Å². The number of phenols is 1. The lowest BCUT2D eigenvalue weighted by molar-refractivity contribution is -0.140. The zero-order valence-corrected chi connectivity index (χ0v) is 21.7. The number of hydrogen-bond donors (Lipinski definition) is 3. The fraction of sp³-hybridized carbons (Fsp3) is 0.654. The zero-order chi connectivity index (χ0) is 25.7. The van der Waals surface area contributed by atoms with Gasteiger partial charge in [0.25, 0.3) is 0 Å². The van der Waals surface area contributed by atoms with Crippen molar-refractivity contribution in [3.63, 3.8) is 0 Å². The molecule has 8 nitrogen and oxygen atoms in total. The normalized spacial score (nSPS) is 12.1. The molecule has 0 aliphatic heterocycles. The van der Waals surface area contributed by atoms with Gasteiger partial charge in [0, 0.05) is 13.1 Å². The number of rotatable bonds is 13. The molecule has 0 bridgehead atoms. The maximum atomic E-state index is 13.3. The lowest BCUT2D eigenvalue weighted by Gasteiger charge is -2.32. The van der Waals surface area contributed by atoms with Crippen molar-refractivity contribution in [1.29, 1.82) is 0 Å². The number of carbonyl (C=O) groups is 3. The third-order valence-electron chi connectivity index (χ3n) is 5.28. The Bertz CT molecular complexity index is 804. The number of unbranched alkanes of at least 4 members (excludes halogenated alkanes) is 4. The molecule has 1 rings (SSSR count). The van der Waals surface area contributed by atoms with E-state index in [9.17, 15) is 19.5 Å². The van der Waals surface area contributed by atoms with Crippen LogP contribution in [0.3, 0.4) is 0 Å². The minimum atomic E-state index is -0.870. The molecule has 0 aliphatic rings. The Morgan fingerprint density at radius 1 is 1.03 bits per heavy atom.